The van der Waals surface area contributed by atoms with Gasteiger partial charge >= 0.3 is 0 Å². The number of ether oxygens (including phenoxy) is 1. The SMILES string of the molecule is O=C(CSc1nnc(-c2ccncc2)o1)NC[C@@H]1CCCO1. The Kier molecular flexibility index (Phi) is 5.02. The minimum atomic E-state index is -0.0656. The Labute approximate surface area is 131 Å². The van der Waals surface area contributed by atoms with Gasteiger partial charge in [0.25, 0.3) is 5.22 Å². The van der Waals surface area contributed by atoms with Gasteiger partial charge in [0.15, 0.2) is 0 Å². The highest BCUT2D eigenvalue weighted by atomic mass is 32.2. The van der Waals surface area contributed by atoms with Crippen molar-refractivity contribution in [3.05, 3.63) is 24.5 Å². The largest absolute Gasteiger partial charge is 0.411 e. The van der Waals surface area contributed by atoms with E-state index < -0.39 is 0 Å². The van der Waals surface area contributed by atoms with Crippen LogP contribution in [0, 0.1) is 0 Å². The van der Waals surface area contributed by atoms with Crippen LogP contribution in [0.1, 0.15) is 12.8 Å². The summed E-state index contributed by atoms with van der Waals surface area (Å²) in [5.41, 5.74) is 0.803. The van der Waals surface area contributed by atoms with E-state index in [1.807, 2.05) is 0 Å². The Morgan fingerprint density at radius 1 is 1.36 bits per heavy atom. The number of hydrogen-bond donors (Lipinski definition) is 1. The lowest BCUT2D eigenvalue weighted by Gasteiger charge is -2.09. The molecule has 1 N–H and O–H groups in total. The Hall–Kier alpha value is -1.93. The first kappa shape index (κ1) is 15.0. The van der Waals surface area contributed by atoms with E-state index in [4.69, 9.17) is 9.15 Å². The van der Waals surface area contributed by atoms with Crippen LogP contribution in [-0.4, -0.2) is 46.1 Å². The predicted molar refractivity (Wildman–Crippen MR) is 80.2 cm³/mol. The number of hydrogen-bond acceptors (Lipinski definition) is 7. The predicted octanol–water partition coefficient (Wildman–Crippen LogP) is 1.52. The molecule has 116 valence electrons. The molecule has 22 heavy (non-hydrogen) atoms. The molecule has 3 heterocycles. The molecule has 7 nitrogen and oxygen atoms in total. The highest BCUT2D eigenvalue weighted by molar-refractivity contribution is 7.99. The molecular formula is C14H16N4O3S. The third-order valence-electron chi connectivity index (χ3n) is 3.21. The molecule has 1 atom stereocenters. The van der Waals surface area contributed by atoms with Gasteiger partial charge in [-0.1, -0.05) is 11.8 Å². The van der Waals surface area contributed by atoms with Crippen LogP contribution in [0.3, 0.4) is 0 Å². The first-order valence-electron chi connectivity index (χ1n) is 7.06. The second-order valence-electron chi connectivity index (χ2n) is 4.84. The third kappa shape index (κ3) is 4.05. The summed E-state index contributed by atoms with van der Waals surface area (Å²) < 4.78 is 11.0. The highest BCUT2D eigenvalue weighted by Gasteiger charge is 2.16. The van der Waals surface area contributed by atoms with E-state index >= 15 is 0 Å². The molecule has 0 aromatic carbocycles. The van der Waals surface area contributed by atoms with Gasteiger partial charge in [-0.3, -0.25) is 9.78 Å². The number of pyridine rings is 1. The molecule has 1 fully saturated rings. The Morgan fingerprint density at radius 2 is 2.23 bits per heavy atom. The topological polar surface area (TPSA) is 90.1 Å². The van der Waals surface area contributed by atoms with E-state index in [1.54, 1.807) is 24.5 Å². The van der Waals surface area contributed by atoms with Crippen LogP contribution in [0.15, 0.2) is 34.2 Å². The van der Waals surface area contributed by atoms with Crippen LogP contribution in [0.5, 0.6) is 0 Å². The molecule has 0 saturated carbocycles. The zero-order valence-electron chi connectivity index (χ0n) is 11.9. The lowest BCUT2D eigenvalue weighted by Crippen LogP contribution is -2.32. The zero-order valence-corrected chi connectivity index (χ0v) is 12.7. The monoisotopic (exact) mass is 320 g/mol. The maximum Gasteiger partial charge on any atom is 0.277 e. The fourth-order valence-corrected chi connectivity index (χ4v) is 2.68. The van der Waals surface area contributed by atoms with Crippen LogP contribution >= 0.6 is 11.8 Å². The summed E-state index contributed by atoms with van der Waals surface area (Å²) in [6, 6.07) is 3.58. The molecule has 0 spiro atoms. The van der Waals surface area contributed by atoms with Crippen molar-refractivity contribution in [1.82, 2.24) is 20.5 Å². The van der Waals surface area contributed by atoms with Gasteiger partial charge in [-0.05, 0) is 25.0 Å². The number of aromatic nitrogens is 3. The summed E-state index contributed by atoms with van der Waals surface area (Å²) in [5.74, 6) is 0.596. The summed E-state index contributed by atoms with van der Waals surface area (Å²) in [6.45, 7) is 1.35. The van der Waals surface area contributed by atoms with Gasteiger partial charge in [-0.25, -0.2) is 0 Å². The van der Waals surface area contributed by atoms with E-state index in [0.29, 0.717) is 17.7 Å². The average Bonchev–Trinajstić information content (AvgIpc) is 3.23. The van der Waals surface area contributed by atoms with E-state index in [2.05, 4.69) is 20.5 Å². The molecule has 1 amide bonds. The van der Waals surface area contributed by atoms with Crippen molar-refractivity contribution in [1.29, 1.82) is 0 Å². The van der Waals surface area contributed by atoms with Crippen molar-refractivity contribution >= 4 is 17.7 Å². The molecule has 1 aliphatic heterocycles. The van der Waals surface area contributed by atoms with E-state index in [1.165, 1.54) is 11.8 Å². The third-order valence-corrected chi connectivity index (χ3v) is 4.03. The van der Waals surface area contributed by atoms with Crippen molar-refractivity contribution < 1.29 is 13.9 Å². The molecule has 0 radical (unpaired) electrons. The van der Waals surface area contributed by atoms with Crippen molar-refractivity contribution in [2.75, 3.05) is 18.9 Å². The van der Waals surface area contributed by atoms with Crippen molar-refractivity contribution in [3.63, 3.8) is 0 Å². The summed E-state index contributed by atoms with van der Waals surface area (Å²) in [4.78, 5) is 15.7. The summed E-state index contributed by atoms with van der Waals surface area (Å²) in [5, 5.41) is 11.1. The summed E-state index contributed by atoms with van der Waals surface area (Å²) >= 11 is 1.22. The highest BCUT2D eigenvalue weighted by Crippen LogP contribution is 2.22. The van der Waals surface area contributed by atoms with E-state index in [-0.39, 0.29) is 17.8 Å². The number of thioether (sulfide) groups is 1. The number of nitrogens with zero attached hydrogens (tertiary/aromatic N) is 3. The Bertz CT molecular complexity index is 614. The average molecular weight is 320 g/mol. The van der Waals surface area contributed by atoms with Gasteiger partial charge in [0.05, 0.1) is 11.9 Å². The lowest BCUT2D eigenvalue weighted by atomic mass is 10.2. The Balaban J connectivity index is 1.45. The standard InChI is InChI=1S/C14H16N4O3S/c19-12(16-8-11-2-1-7-20-11)9-22-14-18-17-13(21-14)10-3-5-15-6-4-10/h3-6,11H,1-2,7-9H2,(H,16,19)/t11-/m0/s1. The number of amides is 1. The van der Waals surface area contributed by atoms with Crippen molar-refractivity contribution in [2.24, 2.45) is 0 Å². The molecule has 0 bridgehead atoms. The summed E-state index contributed by atoms with van der Waals surface area (Å²) in [7, 11) is 0. The van der Waals surface area contributed by atoms with Gasteiger partial charge in [0, 0.05) is 31.1 Å². The fourth-order valence-electron chi connectivity index (χ4n) is 2.09. The minimum absolute atomic E-state index is 0.0656. The van der Waals surface area contributed by atoms with Crippen LogP contribution in [-0.2, 0) is 9.53 Å². The molecule has 1 saturated heterocycles. The number of carbonyl (C=O) groups is 1. The number of carbonyl (C=O) groups excluding carboxylic acids is 1. The first-order valence-corrected chi connectivity index (χ1v) is 8.05. The second kappa shape index (κ2) is 7.37. The van der Waals surface area contributed by atoms with Crippen LogP contribution in [0.2, 0.25) is 0 Å². The fraction of sp³-hybridized carbons (Fsp3) is 0.429. The van der Waals surface area contributed by atoms with Gasteiger partial charge in [0.2, 0.25) is 11.8 Å². The maximum atomic E-state index is 11.8. The normalized spacial score (nSPS) is 17.5. The molecule has 2 aromatic heterocycles. The first-order chi connectivity index (χ1) is 10.8. The molecule has 0 aliphatic carbocycles. The smallest absolute Gasteiger partial charge is 0.277 e. The number of nitrogens with one attached hydrogen (secondary N) is 1. The minimum Gasteiger partial charge on any atom is -0.411 e. The van der Waals surface area contributed by atoms with Gasteiger partial charge in [-0.15, -0.1) is 10.2 Å². The Morgan fingerprint density at radius 3 is 3.00 bits per heavy atom. The van der Waals surface area contributed by atoms with Crippen LogP contribution < -0.4 is 5.32 Å². The van der Waals surface area contributed by atoms with Crippen molar-refractivity contribution in [3.8, 4) is 11.5 Å². The van der Waals surface area contributed by atoms with E-state index in [9.17, 15) is 4.79 Å². The van der Waals surface area contributed by atoms with Crippen LogP contribution in [0.4, 0.5) is 0 Å². The molecule has 3 rings (SSSR count). The van der Waals surface area contributed by atoms with Gasteiger partial charge < -0.3 is 14.5 Å². The lowest BCUT2D eigenvalue weighted by molar-refractivity contribution is -0.119. The quantitative estimate of drug-likeness (QED) is 0.807. The maximum absolute atomic E-state index is 11.8. The van der Waals surface area contributed by atoms with E-state index in [0.717, 1.165) is 25.0 Å². The molecule has 8 heteroatoms. The van der Waals surface area contributed by atoms with Gasteiger partial charge in [0.1, 0.15) is 0 Å². The molecule has 0 unspecified atom stereocenters. The van der Waals surface area contributed by atoms with Gasteiger partial charge in [-0.2, -0.15) is 0 Å². The second-order valence-corrected chi connectivity index (χ2v) is 5.76. The number of rotatable bonds is 6. The molecule has 1 aliphatic rings. The molecule has 2 aromatic rings. The van der Waals surface area contributed by atoms with Crippen LogP contribution in [0.25, 0.3) is 11.5 Å². The summed E-state index contributed by atoms with van der Waals surface area (Å²) in [6.07, 6.45) is 5.53. The van der Waals surface area contributed by atoms with Crippen molar-refractivity contribution in [2.45, 2.75) is 24.2 Å². The molecular weight excluding hydrogens is 304 g/mol. The zero-order chi connectivity index (χ0) is 15.2.